The summed E-state index contributed by atoms with van der Waals surface area (Å²) in [4.78, 5) is 0.112. The second kappa shape index (κ2) is 10.4. The molecular formula is C23H28N4O5S. The van der Waals surface area contributed by atoms with Gasteiger partial charge in [0.15, 0.2) is 0 Å². The molecule has 33 heavy (non-hydrogen) atoms. The molecule has 3 aromatic rings. The first-order valence-electron chi connectivity index (χ1n) is 10.9. The van der Waals surface area contributed by atoms with E-state index < -0.39 is 22.2 Å². The van der Waals surface area contributed by atoms with Crippen molar-refractivity contribution in [1.29, 1.82) is 0 Å². The molecule has 0 bridgehead atoms. The topological polar surface area (TPSA) is 116 Å². The molecular weight excluding hydrogens is 444 g/mol. The molecule has 9 nitrogen and oxygen atoms in total. The van der Waals surface area contributed by atoms with E-state index in [1.165, 1.54) is 19.2 Å². The van der Waals surface area contributed by atoms with Crippen LogP contribution in [0.4, 0.5) is 0 Å². The van der Waals surface area contributed by atoms with Gasteiger partial charge in [-0.25, -0.2) is 13.1 Å². The van der Waals surface area contributed by atoms with E-state index in [9.17, 15) is 13.5 Å². The van der Waals surface area contributed by atoms with Gasteiger partial charge in [0.25, 0.3) is 0 Å². The van der Waals surface area contributed by atoms with E-state index in [2.05, 4.69) is 15.0 Å². The van der Waals surface area contributed by atoms with E-state index >= 15 is 0 Å². The lowest BCUT2D eigenvalue weighted by Gasteiger charge is -2.36. The Morgan fingerprint density at radius 3 is 2.76 bits per heavy atom. The van der Waals surface area contributed by atoms with Gasteiger partial charge in [-0.3, -0.25) is 4.68 Å². The predicted octanol–water partition coefficient (Wildman–Crippen LogP) is 2.23. The lowest BCUT2D eigenvalue weighted by atomic mass is 9.98. The normalized spacial score (nSPS) is 21.1. The molecule has 1 aromatic heterocycles. The molecule has 0 spiro atoms. The van der Waals surface area contributed by atoms with Crippen LogP contribution in [-0.2, 0) is 21.3 Å². The fourth-order valence-corrected chi connectivity index (χ4v) is 5.27. The Balaban J connectivity index is 1.33. The van der Waals surface area contributed by atoms with Crippen molar-refractivity contribution in [3.63, 3.8) is 0 Å². The van der Waals surface area contributed by atoms with Crippen LogP contribution in [-0.4, -0.2) is 60.5 Å². The molecule has 1 aliphatic heterocycles. The SMILES string of the molecule is COc1cccc(S(=O)(=O)N[C@@H]2CC[C@@H](CCn3cc(-c4ccccc4)nn3)O[C@@H]2CO)c1. The van der Waals surface area contributed by atoms with E-state index in [0.29, 0.717) is 31.6 Å². The quantitative estimate of drug-likeness (QED) is 0.491. The number of nitrogens with one attached hydrogen (secondary N) is 1. The molecule has 0 unspecified atom stereocenters. The van der Waals surface area contributed by atoms with E-state index in [-0.39, 0.29) is 17.6 Å². The van der Waals surface area contributed by atoms with Crippen molar-refractivity contribution in [3.8, 4) is 17.0 Å². The Hall–Kier alpha value is -2.79. The Bertz CT molecular complexity index is 1150. The molecule has 1 aliphatic rings. The van der Waals surface area contributed by atoms with E-state index in [4.69, 9.17) is 9.47 Å². The highest BCUT2D eigenvalue weighted by molar-refractivity contribution is 7.89. The molecule has 176 valence electrons. The Morgan fingerprint density at radius 1 is 1.18 bits per heavy atom. The first-order valence-corrected chi connectivity index (χ1v) is 12.3. The number of rotatable bonds is 9. The van der Waals surface area contributed by atoms with Gasteiger partial charge in [-0.15, -0.1) is 5.10 Å². The van der Waals surface area contributed by atoms with Crippen LogP contribution < -0.4 is 9.46 Å². The number of nitrogens with zero attached hydrogens (tertiary/aromatic N) is 3. The minimum atomic E-state index is -3.78. The lowest BCUT2D eigenvalue weighted by molar-refractivity contribution is -0.0891. The molecule has 10 heteroatoms. The number of hydrogen-bond donors (Lipinski definition) is 2. The largest absolute Gasteiger partial charge is 0.497 e. The van der Waals surface area contributed by atoms with Crippen LogP contribution in [0.3, 0.4) is 0 Å². The molecule has 0 aliphatic carbocycles. The minimum absolute atomic E-state index is 0.107. The Labute approximate surface area is 193 Å². The van der Waals surface area contributed by atoms with Gasteiger partial charge in [0.2, 0.25) is 10.0 Å². The molecule has 2 heterocycles. The molecule has 2 aromatic carbocycles. The van der Waals surface area contributed by atoms with Crippen molar-refractivity contribution in [2.24, 2.45) is 0 Å². The van der Waals surface area contributed by atoms with Gasteiger partial charge in [0.05, 0.1) is 43.1 Å². The van der Waals surface area contributed by atoms with Gasteiger partial charge in [-0.05, 0) is 31.4 Å². The summed E-state index contributed by atoms with van der Waals surface area (Å²) < 4.78 is 41.2. The maximum Gasteiger partial charge on any atom is 0.241 e. The van der Waals surface area contributed by atoms with Crippen LogP contribution in [0, 0.1) is 0 Å². The van der Waals surface area contributed by atoms with Crippen LogP contribution in [0.1, 0.15) is 19.3 Å². The summed E-state index contributed by atoms with van der Waals surface area (Å²) in [6.07, 6.45) is 3.08. The van der Waals surface area contributed by atoms with Crippen molar-refractivity contribution >= 4 is 10.0 Å². The third-order valence-corrected chi connectivity index (χ3v) is 7.23. The average Bonchev–Trinajstić information content (AvgIpc) is 3.33. The summed E-state index contributed by atoms with van der Waals surface area (Å²) in [6, 6.07) is 15.6. The van der Waals surface area contributed by atoms with E-state index in [1.807, 2.05) is 36.5 Å². The van der Waals surface area contributed by atoms with Crippen molar-refractivity contribution in [3.05, 3.63) is 60.8 Å². The van der Waals surface area contributed by atoms with Crippen LogP contribution in [0.5, 0.6) is 5.75 Å². The third kappa shape index (κ3) is 5.77. The molecule has 1 fully saturated rings. The van der Waals surface area contributed by atoms with E-state index in [0.717, 1.165) is 11.3 Å². The van der Waals surface area contributed by atoms with E-state index in [1.54, 1.807) is 16.8 Å². The summed E-state index contributed by atoms with van der Waals surface area (Å²) in [5.74, 6) is 0.458. The molecule has 0 amide bonds. The Morgan fingerprint density at radius 2 is 2.00 bits per heavy atom. The molecule has 0 saturated carbocycles. The number of sulfonamides is 1. The molecule has 0 radical (unpaired) electrons. The lowest BCUT2D eigenvalue weighted by Crippen LogP contribution is -2.50. The molecule has 3 atom stereocenters. The van der Waals surface area contributed by atoms with Crippen LogP contribution in [0.25, 0.3) is 11.3 Å². The van der Waals surface area contributed by atoms with Crippen molar-refractivity contribution < 1.29 is 23.0 Å². The minimum Gasteiger partial charge on any atom is -0.497 e. The number of aliphatic hydroxyl groups is 1. The number of hydrogen-bond acceptors (Lipinski definition) is 7. The number of methoxy groups -OCH3 is 1. The van der Waals surface area contributed by atoms with Crippen molar-refractivity contribution in [2.75, 3.05) is 13.7 Å². The molecule has 4 rings (SSSR count). The second-order valence-electron chi connectivity index (χ2n) is 7.98. The average molecular weight is 473 g/mol. The first-order chi connectivity index (χ1) is 16.0. The third-order valence-electron chi connectivity index (χ3n) is 5.74. The zero-order chi connectivity index (χ0) is 23.3. The zero-order valence-corrected chi connectivity index (χ0v) is 19.2. The number of ether oxygens (including phenoxy) is 2. The fourth-order valence-electron chi connectivity index (χ4n) is 3.94. The zero-order valence-electron chi connectivity index (χ0n) is 18.4. The van der Waals surface area contributed by atoms with Crippen molar-refractivity contribution in [2.45, 2.75) is 49.0 Å². The maximum atomic E-state index is 12.8. The standard InChI is InChI=1S/C23H28N4O5S/c1-31-19-8-5-9-20(14-19)33(29,30)25-21-11-10-18(32-23(21)16-28)12-13-27-15-22(24-26-27)17-6-3-2-4-7-17/h2-9,14-15,18,21,23,25,28H,10-13,16H2,1H3/t18-,21+,23+/m0/s1. The highest BCUT2D eigenvalue weighted by atomic mass is 32.2. The van der Waals surface area contributed by atoms with Gasteiger partial charge in [0.1, 0.15) is 11.4 Å². The van der Waals surface area contributed by atoms with Gasteiger partial charge < -0.3 is 14.6 Å². The smallest absolute Gasteiger partial charge is 0.241 e. The van der Waals surface area contributed by atoms with Gasteiger partial charge in [-0.2, -0.15) is 0 Å². The van der Waals surface area contributed by atoms with Crippen LogP contribution >= 0.6 is 0 Å². The predicted molar refractivity (Wildman–Crippen MR) is 122 cm³/mol. The summed E-state index contributed by atoms with van der Waals surface area (Å²) >= 11 is 0. The number of aliphatic hydroxyl groups excluding tert-OH is 1. The monoisotopic (exact) mass is 472 g/mol. The maximum absolute atomic E-state index is 12.8. The number of benzene rings is 2. The van der Waals surface area contributed by atoms with Gasteiger partial charge in [0, 0.05) is 18.2 Å². The highest BCUT2D eigenvalue weighted by Crippen LogP contribution is 2.25. The number of aromatic nitrogens is 3. The van der Waals surface area contributed by atoms with Gasteiger partial charge >= 0.3 is 0 Å². The molecule has 1 saturated heterocycles. The molecule has 2 N–H and O–H groups in total. The fraction of sp³-hybridized carbons (Fsp3) is 0.391. The Kier molecular flexibility index (Phi) is 7.39. The van der Waals surface area contributed by atoms with Crippen molar-refractivity contribution in [1.82, 2.24) is 19.7 Å². The van der Waals surface area contributed by atoms with Gasteiger partial charge in [-0.1, -0.05) is 41.6 Å². The summed E-state index contributed by atoms with van der Waals surface area (Å²) in [5, 5.41) is 18.2. The second-order valence-corrected chi connectivity index (χ2v) is 9.70. The summed E-state index contributed by atoms with van der Waals surface area (Å²) in [5.41, 5.74) is 1.81. The first kappa shape index (κ1) is 23.4. The highest BCUT2D eigenvalue weighted by Gasteiger charge is 2.34. The summed E-state index contributed by atoms with van der Waals surface area (Å²) in [7, 11) is -2.29. The summed E-state index contributed by atoms with van der Waals surface area (Å²) in [6.45, 7) is 0.339. The van der Waals surface area contributed by atoms with Crippen LogP contribution in [0.2, 0.25) is 0 Å². The van der Waals surface area contributed by atoms with Crippen LogP contribution in [0.15, 0.2) is 65.7 Å². The number of aryl methyl sites for hydroxylation is 1.